The van der Waals surface area contributed by atoms with Crippen LogP contribution in [0.15, 0.2) is 49.6 Å². The first-order valence-corrected chi connectivity index (χ1v) is 10.1. The van der Waals surface area contributed by atoms with Crippen LogP contribution in [0.4, 0.5) is 0 Å². The molecule has 0 bridgehead atoms. The molecule has 26 heavy (non-hydrogen) atoms. The third-order valence-electron chi connectivity index (χ3n) is 3.83. The number of nitrogens with one attached hydrogen (secondary N) is 2. The molecule has 0 radical (unpaired) electrons. The Morgan fingerprint density at radius 1 is 1.31 bits per heavy atom. The number of thiazole rings is 1. The van der Waals surface area contributed by atoms with Gasteiger partial charge in [0, 0.05) is 41.9 Å². The maximum absolute atomic E-state index is 5.92. The van der Waals surface area contributed by atoms with Crippen LogP contribution in [0.25, 0.3) is 11.0 Å². The number of benzene rings is 1. The number of aliphatic imine (C=N–C) groups is 1. The van der Waals surface area contributed by atoms with Gasteiger partial charge in [0.15, 0.2) is 5.96 Å². The number of rotatable bonds is 7. The van der Waals surface area contributed by atoms with Crippen molar-refractivity contribution in [3.8, 4) is 0 Å². The van der Waals surface area contributed by atoms with Gasteiger partial charge < -0.3 is 15.1 Å². The fourth-order valence-electron chi connectivity index (χ4n) is 2.50. The third kappa shape index (κ3) is 5.62. The van der Waals surface area contributed by atoms with Gasteiger partial charge in [-0.15, -0.1) is 35.3 Å². The Hall–Kier alpha value is -1.26. The molecular formula is C18H23IN4OS2. The Morgan fingerprint density at radius 2 is 2.15 bits per heavy atom. The number of guanidine groups is 1. The zero-order chi connectivity index (χ0) is 17.5. The zero-order valence-corrected chi connectivity index (χ0v) is 18.8. The highest BCUT2D eigenvalue weighted by molar-refractivity contribution is 14.0. The van der Waals surface area contributed by atoms with Crippen molar-refractivity contribution in [1.82, 2.24) is 15.6 Å². The Bertz CT molecular complexity index is 833. The van der Waals surface area contributed by atoms with Gasteiger partial charge in [0.2, 0.25) is 0 Å². The van der Waals surface area contributed by atoms with Gasteiger partial charge in [-0.3, -0.25) is 4.99 Å². The number of hydrogen-bond donors (Lipinski definition) is 2. The second kappa shape index (κ2) is 10.8. The highest BCUT2D eigenvalue weighted by Crippen LogP contribution is 2.24. The van der Waals surface area contributed by atoms with Crippen molar-refractivity contribution in [2.45, 2.75) is 24.2 Å². The van der Waals surface area contributed by atoms with E-state index in [-0.39, 0.29) is 24.0 Å². The first-order valence-electron chi connectivity index (χ1n) is 8.21. The molecule has 1 aromatic carbocycles. The van der Waals surface area contributed by atoms with Crippen LogP contribution in [0.2, 0.25) is 0 Å². The molecule has 2 N–H and O–H groups in total. The maximum Gasteiger partial charge on any atom is 0.191 e. The monoisotopic (exact) mass is 502 g/mol. The standard InChI is InChI=1S/C18H22N4OS2.HI/c1-13-14-6-3-4-7-15(14)23-16(13)12-22-17(19-2)20-8-5-10-24-18-21-9-11-25-18;/h3-4,6-7,9,11H,5,8,10,12H2,1-2H3,(H2,19,20,22);1H. The summed E-state index contributed by atoms with van der Waals surface area (Å²) in [5.74, 6) is 2.78. The maximum atomic E-state index is 5.92. The lowest BCUT2D eigenvalue weighted by molar-refractivity contribution is 0.534. The van der Waals surface area contributed by atoms with Crippen molar-refractivity contribution in [2.75, 3.05) is 19.3 Å². The lowest BCUT2D eigenvalue weighted by Gasteiger charge is -2.11. The van der Waals surface area contributed by atoms with E-state index < -0.39 is 0 Å². The van der Waals surface area contributed by atoms with Crippen LogP contribution < -0.4 is 10.6 Å². The van der Waals surface area contributed by atoms with Crippen molar-refractivity contribution in [3.05, 3.63) is 47.2 Å². The van der Waals surface area contributed by atoms with Crippen LogP contribution in [0, 0.1) is 6.92 Å². The Labute approximate surface area is 179 Å². The van der Waals surface area contributed by atoms with E-state index in [2.05, 4.69) is 33.6 Å². The molecular weight excluding hydrogens is 479 g/mol. The van der Waals surface area contributed by atoms with Gasteiger partial charge in [0.25, 0.3) is 0 Å². The summed E-state index contributed by atoms with van der Waals surface area (Å²) in [6, 6.07) is 8.11. The van der Waals surface area contributed by atoms with Gasteiger partial charge in [-0.2, -0.15) is 0 Å². The largest absolute Gasteiger partial charge is 0.459 e. The number of aromatic nitrogens is 1. The van der Waals surface area contributed by atoms with E-state index in [1.165, 1.54) is 10.9 Å². The lowest BCUT2D eigenvalue weighted by Crippen LogP contribution is -2.37. The van der Waals surface area contributed by atoms with Gasteiger partial charge in [0.05, 0.1) is 6.54 Å². The third-order valence-corrected chi connectivity index (χ3v) is 5.88. The first-order chi connectivity index (χ1) is 12.3. The predicted octanol–water partition coefficient (Wildman–Crippen LogP) is 4.66. The molecule has 0 aliphatic heterocycles. The second-order valence-electron chi connectivity index (χ2n) is 5.50. The summed E-state index contributed by atoms with van der Waals surface area (Å²) in [7, 11) is 1.78. The number of furan rings is 1. The van der Waals surface area contributed by atoms with E-state index in [9.17, 15) is 0 Å². The molecule has 0 atom stereocenters. The van der Waals surface area contributed by atoms with E-state index in [4.69, 9.17) is 4.42 Å². The van der Waals surface area contributed by atoms with E-state index >= 15 is 0 Å². The van der Waals surface area contributed by atoms with Gasteiger partial charge in [-0.05, 0) is 19.4 Å². The van der Waals surface area contributed by atoms with Crippen molar-refractivity contribution >= 4 is 64.0 Å². The lowest BCUT2D eigenvalue weighted by atomic mass is 10.1. The molecule has 0 saturated carbocycles. The number of thioether (sulfide) groups is 1. The molecule has 2 heterocycles. The van der Waals surface area contributed by atoms with Crippen LogP contribution in [-0.4, -0.2) is 30.3 Å². The van der Waals surface area contributed by atoms with Crippen LogP contribution in [-0.2, 0) is 6.54 Å². The molecule has 3 rings (SSSR count). The average Bonchev–Trinajstić information content (AvgIpc) is 3.26. The van der Waals surface area contributed by atoms with E-state index in [0.717, 1.165) is 40.4 Å². The summed E-state index contributed by atoms with van der Waals surface area (Å²) in [5.41, 5.74) is 2.11. The van der Waals surface area contributed by atoms with E-state index in [1.54, 1.807) is 30.1 Å². The zero-order valence-electron chi connectivity index (χ0n) is 14.8. The molecule has 0 fully saturated rings. The number of hydrogen-bond acceptors (Lipinski definition) is 5. The van der Waals surface area contributed by atoms with Crippen LogP contribution in [0.3, 0.4) is 0 Å². The number of nitrogens with zero attached hydrogens (tertiary/aromatic N) is 2. The van der Waals surface area contributed by atoms with Crippen molar-refractivity contribution in [1.29, 1.82) is 0 Å². The summed E-state index contributed by atoms with van der Waals surface area (Å²) in [6.07, 6.45) is 2.89. The second-order valence-corrected chi connectivity index (χ2v) is 7.74. The molecule has 0 spiro atoms. The molecule has 0 aliphatic carbocycles. The average molecular weight is 502 g/mol. The van der Waals surface area contributed by atoms with Gasteiger partial charge in [0.1, 0.15) is 15.7 Å². The normalized spacial score (nSPS) is 11.4. The number of fused-ring (bicyclic) bond motifs is 1. The summed E-state index contributed by atoms with van der Waals surface area (Å²) < 4.78 is 7.05. The van der Waals surface area contributed by atoms with Crippen molar-refractivity contribution < 1.29 is 4.42 Å². The number of aryl methyl sites for hydroxylation is 1. The van der Waals surface area contributed by atoms with E-state index in [0.29, 0.717) is 6.54 Å². The number of para-hydroxylation sites is 1. The molecule has 0 amide bonds. The highest BCUT2D eigenvalue weighted by atomic mass is 127. The molecule has 0 unspecified atom stereocenters. The Kier molecular flexibility index (Phi) is 8.73. The van der Waals surface area contributed by atoms with E-state index in [1.807, 2.05) is 29.8 Å². The Balaban J connectivity index is 0.00000243. The fourth-order valence-corrected chi connectivity index (χ4v) is 4.15. The molecule has 8 heteroatoms. The molecule has 5 nitrogen and oxygen atoms in total. The minimum absolute atomic E-state index is 0. The Morgan fingerprint density at radius 3 is 2.88 bits per heavy atom. The topological polar surface area (TPSA) is 62.5 Å². The molecule has 140 valence electrons. The first kappa shape index (κ1) is 21.0. The van der Waals surface area contributed by atoms with Gasteiger partial charge >= 0.3 is 0 Å². The van der Waals surface area contributed by atoms with Crippen molar-refractivity contribution in [2.24, 2.45) is 4.99 Å². The quantitative estimate of drug-likeness (QED) is 0.162. The van der Waals surface area contributed by atoms with Crippen molar-refractivity contribution in [3.63, 3.8) is 0 Å². The summed E-state index contributed by atoms with van der Waals surface area (Å²) >= 11 is 3.48. The minimum Gasteiger partial charge on any atom is -0.459 e. The summed E-state index contributed by atoms with van der Waals surface area (Å²) in [5, 5.41) is 9.83. The molecule has 0 saturated heterocycles. The van der Waals surface area contributed by atoms with Crippen LogP contribution >= 0.6 is 47.1 Å². The van der Waals surface area contributed by atoms with Gasteiger partial charge in [-0.1, -0.05) is 30.0 Å². The van der Waals surface area contributed by atoms with Crippen LogP contribution in [0.5, 0.6) is 0 Å². The summed E-state index contributed by atoms with van der Waals surface area (Å²) in [6.45, 7) is 3.58. The molecule has 0 aliphatic rings. The predicted molar refractivity (Wildman–Crippen MR) is 122 cm³/mol. The molecule has 2 aromatic heterocycles. The molecule has 3 aromatic rings. The highest BCUT2D eigenvalue weighted by Gasteiger charge is 2.10. The smallest absolute Gasteiger partial charge is 0.191 e. The minimum atomic E-state index is 0. The van der Waals surface area contributed by atoms with Gasteiger partial charge in [-0.25, -0.2) is 4.98 Å². The van der Waals surface area contributed by atoms with Crippen LogP contribution in [0.1, 0.15) is 17.7 Å². The number of halogens is 1. The summed E-state index contributed by atoms with van der Waals surface area (Å²) in [4.78, 5) is 8.54. The SMILES string of the molecule is CN=C(NCCCSc1nccs1)NCc1oc2ccccc2c1C.I. The fraction of sp³-hybridized carbons (Fsp3) is 0.333.